The minimum atomic E-state index is -0.373. The number of carbonyl (C=O) groups excluding carboxylic acids is 1. The van der Waals surface area contributed by atoms with E-state index in [-0.39, 0.29) is 18.0 Å². The van der Waals surface area contributed by atoms with Crippen molar-refractivity contribution in [3.63, 3.8) is 0 Å². The van der Waals surface area contributed by atoms with Gasteiger partial charge in [-0.1, -0.05) is 30.3 Å². The second-order valence-corrected chi connectivity index (χ2v) is 6.91. The van der Waals surface area contributed by atoms with Crippen LogP contribution in [0, 0.1) is 6.92 Å². The van der Waals surface area contributed by atoms with Crippen LogP contribution in [0.25, 0.3) is 17.1 Å². The van der Waals surface area contributed by atoms with Gasteiger partial charge in [0.2, 0.25) is 5.91 Å². The first-order chi connectivity index (χ1) is 15.0. The normalized spacial score (nSPS) is 10.6. The molecule has 0 radical (unpaired) electrons. The van der Waals surface area contributed by atoms with Crippen LogP contribution in [0.3, 0.4) is 0 Å². The van der Waals surface area contributed by atoms with E-state index in [9.17, 15) is 9.59 Å². The van der Waals surface area contributed by atoms with Crippen LogP contribution < -0.4 is 15.6 Å². The number of hydrogen-bond donors (Lipinski definition) is 1. The Kier molecular flexibility index (Phi) is 5.61. The first-order valence-corrected chi connectivity index (χ1v) is 9.68. The van der Waals surface area contributed by atoms with E-state index in [2.05, 4.69) is 15.5 Å². The first-order valence-electron chi connectivity index (χ1n) is 9.68. The van der Waals surface area contributed by atoms with E-state index >= 15 is 0 Å². The third-order valence-corrected chi connectivity index (χ3v) is 4.69. The maximum Gasteiger partial charge on any atom is 0.267 e. The van der Waals surface area contributed by atoms with Crippen LogP contribution in [-0.2, 0) is 11.3 Å². The smallest absolute Gasteiger partial charge is 0.267 e. The zero-order valence-corrected chi connectivity index (χ0v) is 17.1. The number of nitrogens with one attached hydrogen (secondary N) is 1. The monoisotopic (exact) mass is 415 g/mol. The van der Waals surface area contributed by atoms with Gasteiger partial charge in [-0.2, -0.15) is 5.10 Å². The van der Waals surface area contributed by atoms with E-state index < -0.39 is 0 Å². The Morgan fingerprint density at radius 3 is 2.45 bits per heavy atom. The Hall–Kier alpha value is -4.20. The number of methoxy groups -OCH3 is 1. The molecule has 31 heavy (non-hydrogen) atoms. The van der Waals surface area contributed by atoms with Gasteiger partial charge < -0.3 is 10.1 Å². The Morgan fingerprint density at radius 2 is 1.74 bits per heavy atom. The lowest BCUT2D eigenvalue weighted by atomic mass is 10.1. The summed E-state index contributed by atoms with van der Waals surface area (Å²) in [4.78, 5) is 24.7. The van der Waals surface area contributed by atoms with Gasteiger partial charge in [0.15, 0.2) is 5.82 Å². The van der Waals surface area contributed by atoms with Crippen molar-refractivity contribution in [1.82, 2.24) is 19.6 Å². The topological polar surface area (TPSA) is 91.0 Å². The van der Waals surface area contributed by atoms with Crippen molar-refractivity contribution < 1.29 is 9.53 Å². The summed E-state index contributed by atoms with van der Waals surface area (Å²) >= 11 is 0. The summed E-state index contributed by atoms with van der Waals surface area (Å²) in [5.74, 6) is 0.781. The van der Waals surface area contributed by atoms with E-state index in [1.165, 1.54) is 6.07 Å². The van der Waals surface area contributed by atoms with Gasteiger partial charge in [-0.25, -0.2) is 9.36 Å². The van der Waals surface area contributed by atoms with Crippen LogP contribution >= 0.6 is 0 Å². The summed E-state index contributed by atoms with van der Waals surface area (Å²) in [5.41, 5.74) is 2.87. The Balaban J connectivity index is 1.55. The molecule has 2 heterocycles. The lowest BCUT2D eigenvalue weighted by Crippen LogP contribution is -2.30. The molecule has 0 fully saturated rings. The minimum Gasteiger partial charge on any atom is -0.497 e. The second kappa shape index (κ2) is 8.66. The van der Waals surface area contributed by atoms with Gasteiger partial charge in [-0.15, -0.1) is 5.10 Å². The van der Waals surface area contributed by atoms with Crippen molar-refractivity contribution in [2.75, 3.05) is 12.4 Å². The van der Waals surface area contributed by atoms with Gasteiger partial charge in [0.1, 0.15) is 12.3 Å². The highest BCUT2D eigenvalue weighted by Gasteiger charge is 2.12. The highest BCUT2D eigenvalue weighted by molar-refractivity contribution is 5.90. The Bertz CT molecular complexity index is 1260. The van der Waals surface area contributed by atoms with Crippen molar-refractivity contribution in [3.05, 3.63) is 88.8 Å². The second-order valence-electron chi connectivity index (χ2n) is 6.91. The maximum atomic E-state index is 12.4. The number of carbonyl (C=O) groups is 1. The van der Waals surface area contributed by atoms with Crippen molar-refractivity contribution in [2.45, 2.75) is 13.5 Å². The summed E-state index contributed by atoms with van der Waals surface area (Å²) < 4.78 is 7.88. The Morgan fingerprint density at radius 1 is 1.00 bits per heavy atom. The predicted molar refractivity (Wildman–Crippen MR) is 117 cm³/mol. The van der Waals surface area contributed by atoms with Gasteiger partial charge >= 0.3 is 0 Å². The van der Waals surface area contributed by atoms with Crippen LogP contribution in [0.4, 0.5) is 5.69 Å². The quantitative estimate of drug-likeness (QED) is 0.523. The maximum absolute atomic E-state index is 12.4. The molecule has 156 valence electrons. The fourth-order valence-corrected chi connectivity index (χ4v) is 3.13. The molecule has 2 aromatic heterocycles. The Labute approximate surface area is 178 Å². The number of anilines is 1. The number of ether oxygens (including phenoxy) is 1. The summed E-state index contributed by atoms with van der Waals surface area (Å²) in [6.45, 7) is 1.69. The van der Waals surface area contributed by atoms with E-state index in [1.54, 1.807) is 42.1 Å². The summed E-state index contributed by atoms with van der Waals surface area (Å²) in [6.07, 6.45) is 0. The van der Waals surface area contributed by atoms with Crippen molar-refractivity contribution in [2.24, 2.45) is 0 Å². The third kappa shape index (κ3) is 4.53. The van der Waals surface area contributed by atoms with Crippen LogP contribution in [0.15, 0.2) is 77.6 Å². The van der Waals surface area contributed by atoms with Gasteiger partial charge in [-0.05, 0) is 43.3 Å². The molecular formula is C23H21N5O3. The third-order valence-electron chi connectivity index (χ3n) is 4.69. The standard InChI is InChI=1S/C23H21N5O3/c1-16-14-20(17-6-4-3-5-7-17)25-28(16)21-12-13-23(30)27(26-21)15-22(29)24-18-8-10-19(31-2)11-9-18/h3-14H,15H2,1-2H3,(H,24,29). The number of aryl methyl sites for hydroxylation is 1. The molecule has 8 heteroatoms. The molecule has 0 saturated heterocycles. The van der Waals surface area contributed by atoms with Gasteiger partial charge in [0, 0.05) is 23.0 Å². The largest absolute Gasteiger partial charge is 0.497 e. The molecule has 1 N–H and O–H groups in total. The van der Waals surface area contributed by atoms with Gasteiger partial charge in [-0.3, -0.25) is 9.59 Å². The highest BCUT2D eigenvalue weighted by atomic mass is 16.5. The van der Waals surface area contributed by atoms with Crippen molar-refractivity contribution in [3.8, 4) is 22.8 Å². The van der Waals surface area contributed by atoms with Crippen LogP contribution in [0.2, 0.25) is 0 Å². The first kappa shape index (κ1) is 20.1. The fraction of sp³-hybridized carbons (Fsp3) is 0.130. The molecule has 0 aliphatic rings. The summed E-state index contributed by atoms with van der Waals surface area (Å²) in [7, 11) is 1.57. The molecule has 0 aliphatic heterocycles. The molecule has 0 aliphatic carbocycles. The van der Waals surface area contributed by atoms with Crippen LogP contribution in [0.1, 0.15) is 5.69 Å². The van der Waals surface area contributed by atoms with Gasteiger partial charge in [0.25, 0.3) is 5.56 Å². The van der Waals surface area contributed by atoms with E-state index in [0.29, 0.717) is 17.3 Å². The highest BCUT2D eigenvalue weighted by Crippen LogP contribution is 2.20. The number of hydrogen-bond acceptors (Lipinski definition) is 5. The zero-order chi connectivity index (χ0) is 21.8. The molecule has 0 spiro atoms. The lowest BCUT2D eigenvalue weighted by molar-refractivity contribution is -0.117. The van der Waals surface area contributed by atoms with Gasteiger partial charge in [0.05, 0.1) is 12.8 Å². The minimum absolute atomic E-state index is 0.218. The molecule has 2 aromatic carbocycles. The molecule has 1 amide bonds. The molecule has 0 atom stereocenters. The molecule has 4 rings (SSSR count). The van der Waals surface area contributed by atoms with Crippen molar-refractivity contribution >= 4 is 11.6 Å². The number of aromatic nitrogens is 4. The summed E-state index contributed by atoms with van der Waals surface area (Å²) in [5, 5.41) is 11.7. The number of nitrogens with zero attached hydrogens (tertiary/aromatic N) is 4. The average Bonchev–Trinajstić information content (AvgIpc) is 3.18. The van der Waals surface area contributed by atoms with Crippen molar-refractivity contribution in [1.29, 1.82) is 0 Å². The van der Waals surface area contributed by atoms with Crippen LogP contribution in [0.5, 0.6) is 5.75 Å². The number of benzene rings is 2. The molecule has 0 saturated carbocycles. The molecule has 0 unspecified atom stereocenters. The zero-order valence-electron chi connectivity index (χ0n) is 17.1. The molecule has 8 nitrogen and oxygen atoms in total. The van der Waals surface area contributed by atoms with E-state index in [0.717, 1.165) is 21.6 Å². The number of amides is 1. The van der Waals surface area contributed by atoms with E-state index in [4.69, 9.17) is 4.74 Å². The molecular weight excluding hydrogens is 394 g/mol. The number of rotatable bonds is 6. The summed E-state index contributed by atoms with van der Waals surface area (Å²) in [6, 6.07) is 21.6. The predicted octanol–water partition coefficient (Wildman–Crippen LogP) is 3.05. The van der Waals surface area contributed by atoms with E-state index in [1.807, 2.05) is 43.3 Å². The van der Waals surface area contributed by atoms with Crippen LogP contribution in [-0.4, -0.2) is 32.6 Å². The lowest BCUT2D eigenvalue weighted by Gasteiger charge is -2.09. The molecule has 4 aromatic rings. The molecule has 0 bridgehead atoms. The average molecular weight is 415 g/mol. The fourth-order valence-electron chi connectivity index (χ4n) is 3.13. The SMILES string of the molecule is COc1ccc(NC(=O)Cn2nc(-n3nc(-c4ccccc4)cc3C)ccc2=O)cc1.